The van der Waals surface area contributed by atoms with Crippen LogP contribution in [0.1, 0.15) is 38.4 Å². The van der Waals surface area contributed by atoms with E-state index < -0.39 is 11.6 Å². The Morgan fingerprint density at radius 3 is 2.90 bits per heavy atom. The molecule has 1 aromatic carbocycles. The van der Waals surface area contributed by atoms with Gasteiger partial charge in [0.2, 0.25) is 5.91 Å². The largest absolute Gasteiger partial charge is 0.370 e. The first kappa shape index (κ1) is 15.9. The smallest absolute Gasteiger partial charge is 0.242 e. The van der Waals surface area contributed by atoms with Gasteiger partial charge in [0.1, 0.15) is 11.9 Å². The van der Waals surface area contributed by atoms with Gasteiger partial charge in [-0.1, -0.05) is 31.5 Å². The molecule has 0 radical (unpaired) electrons. The van der Waals surface area contributed by atoms with Crippen molar-refractivity contribution in [1.29, 1.82) is 0 Å². The van der Waals surface area contributed by atoms with Crippen molar-refractivity contribution in [2.75, 3.05) is 19.7 Å². The second-order valence-corrected chi connectivity index (χ2v) is 5.80. The Labute approximate surface area is 125 Å². The van der Waals surface area contributed by atoms with Crippen LogP contribution < -0.4 is 5.73 Å². The molecule has 0 aromatic heterocycles. The van der Waals surface area contributed by atoms with Gasteiger partial charge in [0.05, 0.1) is 18.7 Å². The van der Waals surface area contributed by atoms with Crippen molar-refractivity contribution in [2.45, 2.75) is 38.3 Å². The summed E-state index contributed by atoms with van der Waals surface area (Å²) in [7, 11) is 0. The van der Waals surface area contributed by atoms with Gasteiger partial charge >= 0.3 is 0 Å². The number of morpholine rings is 1. The molecule has 116 valence electrons. The van der Waals surface area contributed by atoms with Crippen LogP contribution in [0.25, 0.3) is 0 Å². The molecule has 0 bridgehead atoms. The first-order chi connectivity index (χ1) is 9.95. The molecule has 2 atom stereocenters. The SMILES string of the molecule is CCCC(C)(N)C(=O)N1CCOC(c2ccccc2F)C1. The van der Waals surface area contributed by atoms with E-state index in [0.717, 1.165) is 6.42 Å². The van der Waals surface area contributed by atoms with Gasteiger partial charge < -0.3 is 15.4 Å². The summed E-state index contributed by atoms with van der Waals surface area (Å²) in [5.74, 6) is -0.394. The lowest BCUT2D eigenvalue weighted by Gasteiger charge is -2.37. The zero-order valence-electron chi connectivity index (χ0n) is 12.6. The van der Waals surface area contributed by atoms with Crippen molar-refractivity contribution >= 4 is 5.91 Å². The van der Waals surface area contributed by atoms with E-state index in [4.69, 9.17) is 10.5 Å². The van der Waals surface area contributed by atoms with Gasteiger partial charge in [-0.15, -0.1) is 0 Å². The topological polar surface area (TPSA) is 55.6 Å². The molecule has 4 nitrogen and oxygen atoms in total. The molecular weight excluding hydrogens is 271 g/mol. The van der Waals surface area contributed by atoms with E-state index >= 15 is 0 Å². The van der Waals surface area contributed by atoms with Crippen molar-refractivity contribution in [3.05, 3.63) is 35.6 Å². The predicted octanol–water partition coefficient (Wildman–Crippen LogP) is 2.24. The van der Waals surface area contributed by atoms with Crippen LogP contribution in [0, 0.1) is 5.82 Å². The Balaban J connectivity index is 2.11. The summed E-state index contributed by atoms with van der Waals surface area (Å²) in [5.41, 5.74) is 5.73. The summed E-state index contributed by atoms with van der Waals surface area (Å²) < 4.78 is 19.5. The first-order valence-corrected chi connectivity index (χ1v) is 7.40. The molecule has 0 saturated carbocycles. The molecule has 5 heteroatoms. The number of hydrogen-bond donors (Lipinski definition) is 1. The summed E-state index contributed by atoms with van der Waals surface area (Å²) in [6, 6.07) is 6.51. The minimum atomic E-state index is -0.869. The number of nitrogens with two attached hydrogens (primary N) is 1. The lowest BCUT2D eigenvalue weighted by atomic mass is 9.95. The van der Waals surface area contributed by atoms with Crippen LogP contribution >= 0.6 is 0 Å². The molecule has 1 fully saturated rings. The van der Waals surface area contributed by atoms with Crippen molar-refractivity contribution < 1.29 is 13.9 Å². The average molecular weight is 294 g/mol. The van der Waals surface area contributed by atoms with Gasteiger partial charge in [-0.3, -0.25) is 4.79 Å². The fourth-order valence-electron chi connectivity index (χ4n) is 2.75. The summed E-state index contributed by atoms with van der Waals surface area (Å²) >= 11 is 0. The second-order valence-electron chi connectivity index (χ2n) is 5.80. The number of nitrogens with zero attached hydrogens (tertiary/aromatic N) is 1. The quantitative estimate of drug-likeness (QED) is 0.926. The van der Waals surface area contributed by atoms with E-state index in [2.05, 4.69) is 0 Å². The highest BCUT2D eigenvalue weighted by atomic mass is 19.1. The molecule has 2 unspecified atom stereocenters. The molecule has 21 heavy (non-hydrogen) atoms. The fourth-order valence-corrected chi connectivity index (χ4v) is 2.75. The highest BCUT2D eigenvalue weighted by Gasteiger charge is 2.35. The predicted molar refractivity (Wildman–Crippen MR) is 79.2 cm³/mol. The lowest BCUT2D eigenvalue weighted by Crippen LogP contribution is -2.56. The Morgan fingerprint density at radius 2 is 2.24 bits per heavy atom. The molecule has 0 aliphatic carbocycles. The fraction of sp³-hybridized carbons (Fsp3) is 0.562. The van der Waals surface area contributed by atoms with Crippen molar-refractivity contribution in [3.63, 3.8) is 0 Å². The summed E-state index contributed by atoms with van der Waals surface area (Å²) in [4.78, 5) is 14.2. The van der Waals surface area contributed by atoms with Crippen LogP contribution in [0.2, 0.25) is 0 Å². The molecule has 0 spiro atoms. The number of hydrogen-bond acceptors (Lipinski definition) is 3. The first-order valence-electron chi connectivity index (χ1n) is 7.40. The monoisotopic (exact) mass is 294 g/mol. The van der Waals surface area contributed by atoms with Crippen LogP contribution in [0.15, 0.2) is 24.3 Å². The maximum absolute atomic E-state index is 13.8. The maximum Gasteiger partial charge on any atom is 0.242 e. The van der Waals surface area contributed by atoms with E-state index in [0.29, 0.717) is 31.7 Å². The standard InChI is InChI=1S/C16H23FN2O2/c1-3-8-16(2,18)15(20)19-9-10-21-14(11-19)12-6-4-5-7-13(12)17/h4-7,14H,3,8-11,18H2,1-2H3. The number of benzene rings is 1. The van der Waals surface area contributed by atoms with Gasteiger partial charge in [0.15, 0.2) is 0 Å². The van der Waals surface area contributed by atoms with Crippen molar-refractivity contribution in [3.8, 4) is 0 Å². The summed E-state index contributed by atoms with van der Waals surface area (Å²) in [5, 5.41) is 0. The highest BCUT2D eigenvalue weighted by Crippen LogP contribution is 2.26. The number of carbonyl (C=O) groups is 1. The Hall–Kier alpha value is -1.46. The van der Waals surface area contributed by atoms with Gasteiger partial charge in [-0.2, -0.15) is 0 Å². The minimum Gasteiger partial charge on any atom is -0.370 e. The molecule has 1 saturated heterocycles. The van der Waals surface area contributed by atoms with Crippen LogP contribution in [-0.4, -0.2) is 36.0 Å². The molecule has 1 aliphatic rings. The third-order valence-electron chi connectivity index (χ3n) is 3.86. The van der Waals surface area contributed by atoms with Crippen LogP contribution in [-0.2, 0) is 9.53 Å². The van der Waals surface area contributed by atoms with Gasteiger partial charge in [0, 0.05) is 12.1 Å². The zero-order valence-corrected chi connectivity index (χ0v) is 12.6. The second kappa shape index (κ2) is 6.54. The number of ether oxygens (including phenoxy) is 1. The normalized spacial score (nSPS) is 21.9. The average Bonchev–Trinajstić information content (AvgIpc) is 2.47. The third kappa shape index (κ3) is 3.60. The minimum absolute atomic E-state index is 0.0889. The Morgan fingerprint density at radius 1 is 1.52 bits per heavy atom. The van der Waals surface area contributed by atoms with Crippen molar-refractivity contribution in [2.24, 2.45) is 5.73 Å². The van der Waals surface area contributed by atoms with Gasteiger partial charge in [0.25, 0.3) is 0 Å². The van der Waals surface area contributed by atoms with Crippen LogP contribution in [0.5, 0.6) is 0 Å². The number of halogens is 1. The van der Waals surface area contributed by atoms with E-state index in [-0.39, 0.29) is 11.7 Å². The number of amides is 1. The third-order valence-corrected chi connectivity index (χ3v) is 3.86. The van der Waals surface area contributed by atoms with E-state index in [1.807, 2.05) is 6.92 Å². The van der Waals surface area contributed by atoms with Crippen LogP contribution in [0.4, 0.5) is 4.39 Å². The Bertz CT molecular complexity index is 505. The summed E-state index contributed by atoms with van der Waals surface area (Å²) in [6.07, 6.45) is 1.05. The number of rotatable bonds is 4. The summed E-state index contributed by atoms with van der Waals surface area (Å²) in [6.45, 7) is 5.00. The molecule has 1 heterocycles. The van der Waals surface area contributed by atoms with E-state index in [1.165, 1.54) is 6.07 Å². The number of carbonyl (C=O) groups excluding carboxylic acids is 1. The van der Waals surface area contributed by atoms with Crippen LogP contribution in [0.3, 0.4) is 0 Å². The molecule has 1 aromatic rings. The zero-order chi connectivity index (χ0) is 15.5. The van der Waals surface area contributed by atoms with Gasteiger partial charge in [-0.25, -0.2) is 4.39 Å². The molecule has 2 rings (SSSR count). The molecule has 2 N–H and O–H groups in total. The highest BCUT2D eigenvalue weighted by molar-refractivity contribution is 5.85. The lowest BCUT2D eigenvalue weighted by molar-refractivity contribution is -0.144. The van der Waals surface area contributed by atoms with E-state index in [9.17, 15) is 9.18 Å². The molecule has 1 aliphatic heterocycles. The maximum atomic E-state index is 13.8. The molecule has 1 amide bonds. The Kier molecular flexibility index (Phi) is 4.96. The van der Waals surface area contributed by atoms with E-state index in [1.54, 1.807) is 30.0 Å². The van der Waals surface area contributed by atoms with Gasteiger partial charge in [-0.05, 0) is 19.4 Å². The molecular formula is C16H23FN2O2. The van der Waals surface area contributed by atoms with Crippen molar-refractivity contribution in [1.82, 2.24) is 4.90 Å².